The van der Waals surface area contributed by atoms with E-state index in [1.54, 1.807) is 44.9 Å². The molecule has 152 valence electrons. The quantitative estimate of drug-likeness (QED) is 0.709. The van der Waals surface area contributed by atoms with Gasteiger partial charge in [-0.05, 0) is 44.0 Å². The molecule has 0 saturated carbocycles. The number of hydrogen-bond acceptors (Lipinski definition) is 5. The Bertz CT molecular complexity index is 1090. The Morgan fingerprint density at radius 2 is 2.10 bits per heavy atom. The highest BCUT2D eigenvalue weighted by atomic mass is 19.1. The molecule has 1 aliphatic heterocycles. The number of carbonyl (C=O) groups is 1. The Labute approximate surface area is 167 Å². The van der Waals surface area contributed by atoms with Gasteiger partial charge in [-0.15, -0.1) is 0 Å². The molecule has 0 radical (unpaired) electrons. The molecule has 29 heavy (non-hydrogen) atoms. The average Bonchev–Trinajstić information content (AvgIpc) is 3.01. The van der Waals surface area contributed by atoms with Gasteiger partial charge in [-0.3, -0.25) is 9.67 Å². The van der Waals surface area contributed by atoms with Crippen LogP contribution in [0, 0.1) is 5.82 Å². The highest BCUT2D eigenvalue weighted by Gasteiger charge is 2.27. The summed E-state index contributed by atoms with van der Waals surface area (Å²) in [7, 11) is 1.77. The summed E-state index contributed by atoms with van der Waals surface area (Å²) < 4.78 is 27.3. The van der Waals surface area contributed by atoms with Gasteiger partial charge in [0.05, 0.1) is 36.4 Å². The van der Waals surface area contributed by atoms with E-state index in [1.165, 1.54) is 12.3 Å². The zero-order valence-electron chi connectivity index (χ0n) is 16.8. The number of nitrogens with zero attached hydrogens (tertiary/aromatic N) is 3. The molecule has 1 atom stereocenters. The average molecular weight is 398 g/mol. The Morgan fingerprint density at radius 3 is 2.86 bits per heavy atom. The second-order valence-electron chi connectivity index (χ2n) is 8.13. The van der Waals surface area contributed by atoms with Gasteiger partial charge in [0, 0.05) is 30.6 Å². The lowest BCUT2D eigenvalue weighted by Gasteiger charge is -2.29. The second kappa shape index (κ2) is 7.11. The summed E-state index contributed by atoms with van der Waals surface area (Å²) in [6.07, 6.45) is 4.39. The predicted molar refractivity (Wildman–Crippen MR) is 106 cm³/mol. The fourth-order valence-corrected chi connectivity index (χ4v) is 3.51. The van der Waals surface area contributed by atoms with Crippen LogP contribution in [0.1, 0.15) is 37.9 Å². The van der Waals surface area contributed by atoms with Crippen molar-refractivity contribution in [3.63, 3.8) is 0 Å². The summed E-state index contributed by atoms with van der Waals surface area (Å²) in [5, 5.41) is 7.44. The number of ether oxygens (including phenoxy) is 2. The van der Waals surface area contributed by atoms with Crippen LogP contribution in [0.4, 0.5) is 9.18 Å². The van der Waals surface area contributed by atoms with Gasteiger partial charge >= 0.3 is 6.09 Å². The van der Waals surface area contributed by atoms with Crippen LogP contribution in [-0.4, -0.2) is 33.1 Å². The first-order chi connectivity index (χ1) is 13.7. The number of aryl methyl sites for hydroxylation is 1. The lowest BCUT2D eigenvalue weighted by Crippen LogP contribution is -2.38. The topological polar surface area (TPSA) is 78.3 Å². The normalized spacial score (nSPS) is 16.5. The Morgan fingerprint density at radius 1 is 1.31 bits per heavy atom. The second-order valence-corrected chi connectivity index (χ2v) is 8.13. The lowest BCUT2D eigenvalue weighted by molar-refractivity contribution is 0.0390. The highest BCUT2D eigenvalue weighted by molar-refractivity contribution is 5.85. The van der Waals surface area contributed by atoms with Gasteiger partial charge in [0.2, 0.25) is 0 Å². The molecule has 0 fully saturated rings. The molecular weight excluding hydrogens is 375 g/mol. The van der Waals surface area contributed by atoms with Crippen LogP contribution in [0.2, 0.25) is 0 Å². The van der Waals surface area contributed by atoms with Crippen LogP contribution < -0.4 is 5.32 Å². The van der Waals surface area contributed by atoms with Gasteiger partial charge in [-0.2, -0.15) is 5.10 Å². The SMILES string of the molecule is Cn1ncc2c(F)cc(-c3cncc4c3COCC4NC(=O)OC(C)(C)C)cc21. The fourth-order valence-electron chi connectivity index (χ4n) is 3.51. The van der Waals surface area contributed by atoms with Crippen molar-refractivity contribution in [2.75, 3.05) is 6.61 Å². The molecule has 1 aliphatic rings. The molecular formula is C21H23FN4O3. The molecule has 0 bridgehead atoms. The summed E-state index contributed by atoms with van der Waals surface area (Å²) in [6.45, 7) is 6.08. The maximum Gasteiger partial charge on any atom is 0.408 e. The summed E-state index contributed by atoms with van der Waals surface area (Å²) in [5.41, 5.74) is 3.25. The molecule has 7 nitrogen and oxygen atoms in total. The van der Waals surface area contributed by atoms with Crippen molar-refractivity contribution in [2.24, 2.45) is 7.05 Å². The number of pyridine rings is 1. The Kier molecular flexibility index (Phi) is 4.74. The molecule has 2 aromatic heterocycles. The highest BCUT2D eigenvalue weighted by Crippen LogP contribution is 2.34. The summed E-state index contributed by atoms with van der Waals surface area (Å²) in [6, 6.07) is 2.96. The van der Waals surface area contributed by atoms with E-state index in [-0.39, 0.29) is 5.82 Å². The molecule has 8 heteroatoms. The third-order valence-electron chi connectivity index (χ3n) is 4.82. The van der Waals surface area contributed by atoms with Crippen molar-refractivity contribution >= 4 is 17.0 Å². The van der Waals surface area contributed by atoms with Crippen LogP contribution in [-0.2, 0) is 23.1 Å². The van der Waals surface area contributed by atoms with Gasteiger partial charge in [0.1, 0.15) is 11.4 Å². The molecule has 1 N–H and O–H groups in total. The number of amides is 1. The van der Waals surface area contributed by atoms with Crippen molar-refractivity contribution in [3.8, 4) is 11.1 Å². The van der Waals surface area contributed by atoms with E-state index in [2.05, 4.69) is 15.4 Å². The number of hydrogen-bond donors (Lipinski definition) is 1. The van der Waals surface area contributed by atoms with Crippen LogP contribution in [0.3, 0.4) is 0 Å². The first-order valence-electron chi connectivity index (χ1n) is 9.38. The molecule has 0 saturated heterocycles. The standard InChI is InChI=1S/C21H23FN4O3/c1-21(2,3)29-20(27)25-18-11-28-10-16-13(7-23-8-14(16)18)12-5-17(22)15-9-24-26(4)19(15)6-12/h5-9,18H,10-11H2,1-4H3,(H,25,27). The van der Waals surface area contributed by atoms with Crippen molar-refractivity contribution < 1.29 is 18.7 Å². The number of aromatic nitrogens is 3. The third-order valence-corrected chi connectivity index (χ3v) is 4.82. The van der Waals surface area contributed by atoms with Gasteiger partial charge < -0.3 is 14.8 Å². The summed E-state index contributed by atoms with van der Waals surface area (Å²) in [4.78, 5) is 16.6. The van der Waals surface area contributed by atoms with E-state index >= 15 is 0 Å². The summed E-state index contributed by atoms with van der Waals surface area (Å²) >= 11 is 0. The first-order valence-corrected chi connectivity index (χ1v) is 9.38. The maximum atomic E-state index is 14.6. The number of carbonyl (C=O) groups excluding carboxylic acids is 1. The van der Waals surface area contributed by atoms with E-state index in [4.69, 9.17) is 9.47 Å². The monoisotopic (exact) mass is 398 g/mol. The van der Waals surface area contributed by atoms with E-state index in [0.717, 1.165) is 16.7 Å². The number of halogens is 1. The largest absolute Gasteiger partial charge is 0.444 e. The van der Waals surface area contributed by atoms with Crippen molar-refractivity contribution in [3.05, 3.63) is 47.7 Å². The van der Waals surface area contributed by atoms with Gasteiger partial charge in [0.15, 0.2) is 0 Å². The number of fused-ring (bicyclic) bond motifs is 2. The van der Waals surface area contributed by atoms with Crippen LogP contribution in [0.5, 0.6) is 0 Å². The minimum atomic E-state index is -0.599. The zero-order chi connectivity index (χ0) is 20.8. The zero-order valence-corrected chi connectivity index (χ0v) is 16.8. The molecule has 1 unspecified atom stereocenters. The fraction of sp³-hybridized carbons (Fsp3) is 0.381. The van der Waals surface area contributed by atoms with E-state index in [0.29, 0.717) is 29.7 Å². The number of nitrogens with one attached hydrogen (secondary N) is 1. The molecule has 0 spiro atoms. The van der Waals surface area contributed by atoms with E-state index in [1.807, 2.05) is 6.07 Å². The number of benzene rings is 1. The van der Waals surface area contributed by atoms with Crippen molar-refractivity contribution in [1.29, 1.82) is 0 Å². The number of rotatable bonds is 2. The van der Waals surface area contributed by atoms with Gasteiger partial charge in [-0.25, -0.2) is 9.18 Å². The van der Waals surface area contributed by atoms with Crippen molar-refractivity contribution in [2.45, 2.75) is 39.0 Å². The van der Waals surface area contributed by atoms with Crippen LogP contribution in [0.15, 0.2) is 30.7 Å². The number of alkyl carbamates (subject to hydrolysis) is 1. The van der Waals surface area contributed by atoms with Gasteiger partial charge in [0.25, 0.3) is 0 Å². The first kappa shape index (κ1) is 19.3. The minimum Gasteiger partial charge on any atom is -0.444 e. The molecule has 1 aromatic carbocycles. The minimum absolute atomic E-state index is 0.312. The Balaban J connectivity index is 1.72. The smallest absolute Gasteiger partial charge is 0.408 e. The molecule has 1 amide bonds. The molecule has 3 aromatic rings. The van der Waals surface area contributed by atoms with Crippen molar-refractivity contribution in [1.82, 2.24) is 20.1 Å². The molecule has 0 aliphatic carbocycles. The lowest BCUT2D eigenvalue weighted by atomic mass is 9.93. The maximum absolute atomic E-state index is 14.6. The van der Waals surface area contributed by atoms with E-state index < -0.39 is 17.7 Å². The van der Waals surface area contributed by atoms with Gasteiger partial charge in [-0.1, -0.05) is 0 Å². The molecule has 3 heterocycles. The predicted octanol–water partition coefficient (Wildman–Crippen LogP) is 3.87. The Hall–Kier alpha value is -3.00. The summed E-state index contributed by atoms with van der Waals surface area (Å²) in [5.74, 6) is -0.344. The van der Waals surface area contributed by atoms with E-state index in [9.17, 15) is 9.18 Å². The van der Waals surface area contributed by atoms with Crippen LogP contribution in [0.25, 0.3) is 22.0 Å². The third kappa shape index (κ3) is 3.80. The van der Waals surface area contributed by atoms with Crippen LogP contribution >= 0.6 is 0 Å². The molecule has 4 rings (SSSR count).